The average molecular weight is 262 g/mol. The smallest absolute Gasteiger partial charge is 0.305 e. The van der Waals surface area contributed by atoms with Crippen molar-refractivity contribution in [1.82, 2.24) is 4.90 Å². The van der Waals surface area contributed by atoms with E-state index in [4.69, 9.17) is 28.3 Å². The Morgan fingerprint density at radius 1 is 1.44 bits per heavy atom. The Balaban J connectivity index is 3.10. The number of carbonyl (C=O) groups is 1. The maximum absolute atomic E-state index is 10.8. The van der Waals surface area contributed by atoms with Gasteiger partial charge in [-0.2, -0.15) is 0 Å². The zero-order valence-electron chi connectivity index (χ0n) is 9.08. The van der Waals surface area contributed by atoms with Crippen molar-refractivity contribution in [2.24, 2.45) is 0 Å². The Kier molecular flexibility index (Phi) is 4.59. The van der Waals surface area contributed by atoms with E-state index in [0.717, 1.165) is 5.56 Å². The standard InChI is InChI=1S/C11H13Cl2NO2/c1-14(2)9(6-10(15)16)7-4-3-5-8(12)11(7)13/h3-5,9H,6H2,1-2H3,(H,15,16). The first-order chi connectivity index (χ1) is 7.43. The first-order valence-electron chi connectivity index (χ1n) is 4.75. The molecule has 0 saturated heterocycles. The van der Waals surface area contributed by atoms with Gasteiger partial charge in [0.25, 0.3) is 0 Å². The molecule has 0 amide bonds. The van der Waals surface area contributed by atoms with Crippen LogP contribution in [0.15, 0.2) is 18.2 Å². The molecule has 3 nitrogen and oxygen atoms in total. The minimum absolute atomic E-state index is 0.00688. The minimum Gasteiger partial charge on any atom is -0.481 e. The summed E-state index contributed by atoms with van der Waals surface area (Å²) in [6, 6.07) is 4.97. The number of benzene rings is 1. The molecule has 0 aliphatic rings. The van der Waals surface area contributed by atoms with E-state index in [-0.39, 0.29) is 12.5 Å². The normalized spacial score (nSPS) is 12.8. The van der Waals surface area contributed by atoms with Crippen LogP contribution in [0.4, 0.5) is 0 Å². The molecule has 1 aromatic rings. The average Bonchev–Trinajstić information content (AvgIpc) is 2.18. The van der Waals surface area contributed by atoms with Crippen LogP contribution in [0, 0.1) is 0 Å². The summed E-state index contributed by atoms with van der Waals surface area (Å²) in [6.07, 6.45) is -0.00688. The fourth-order valence-electron chi connectivity index (χ4n) is 1.51. The number of hydrogen-bond donors (Lipinski definition) is 1. The zero-order valence-corrected chi connectivity index (χ0v) is 10.6. The van der Waals surface area contributed by atoms with Crippen LogP contribution in [0.25, 0.3) is 0 Å². The van der Waals surface area contributed by atoms with Gasteiger partial charge in [0, 0.05) is 6.04 Å². The lowest BCUT2D eigenvalue weighted by molar-refractivity contribution is -0.138. The van der Waals surface area contributed by atoms with Crippen molar-refractivity contribution < 1.29 is 9.90 Å². The third-order valence-electron chi connectivity index (χ3n) is 2.33. The predicted molar refractivity (Wildman–Crippen MR) is 65.1 cm³/mol. The Bertz CT molecular complexity index is 394. The van der Waals surface area contributed by atoms with Crippen LogP contribution in [0.1, 0.15) is 18.0 Å². The van der Waals surface area contributed by atoms with Gasteiger partial charge in [0.15, 0.2) is 0 Å². The summed E-state index contributed by atoms with van der Waals surface area (Å²) in [6.45, 7) is 0. The van der Waals surface area contributed by atoms with Crippen LogP contribution < -0.4 is 0 Å². The predicted octanol–water partition coefficient (Wildman–Crippen LogP) is 3.07. The maximum atomic E-state index is 10.8. The van der Waals surface area contributed by atoms with Gasteiger partial charge in [0.2, 0.25) is 0 Å². The highest BCUT2D eigenvalue weighted by molar-refractivity contribution is 6.42. The first-order valence-corrected chi connectivity index (χ1v) is 5.51. The molecule has 1 unspecified atom stereocenters. The van der Waals surface area contributed by atoms with Crippen molar-refractivity contribution in [2.75, 3.05) is 14.1 Å². The van der Waals surface area contributed by atoms with Crippen LogP contribution >= 0.6 is 23.2 Å². The molecule has 1 atom stereocenters. The largest absolute Gasteiger partial charge is 0.481 e. The third kappa shape index (κ3) is 3.11. The molecule has 0 radical (unpaired) electrons. The van der Waals surface area contributed by atoms with Crippen molar-refractivity contribution in [3.05, 3.63) is 33.8 Å². The second-order valence-electron chi connectivity index (χ2n) is 3.72. The van der Waals surface area contributed by atoms with Crippen LogP contribution in [0.3, 0.4) is 0 Å². The van der Waals surface area contributed by atoms with Crippen molar-refractivity contribution in [1.29, 1.82) is 0 Å². The van der Waals surface area contributed by atoms with E-state index in [1.807, 2.05) is 19.0 Å². The van der Waals surface area contributed by atoms with Gasteiger partial charge >= 0.3 is 5.97 Å². The van der Waals surface area contributed by atoms with E-state index < -0.39 is 5.97 Å². The second kappa shape index (κ2) is 5.53. The van der Waals surface area contributed by atoms with E-state index in [0.29, 0.717) is 10.0 Å². The van der Waals surface area contributed by atoms with Crippen molar-refractivity contribution in [3.63, 3.8) is 0 Å². The number of carboxylic acid groups (broad SMARTS) is 1. The number of hydrogen-bond acceptors (Lipinski definition) is 2. The summed E-state index contributed by atoms with van der Waals surface area (Å²) in [7, 11) is 3.62. The highest BCUT2D eigenvalue weighted by atomic mass is 35.5. The Labute approximate surface area is 105 Å². The van der Waals surface area contributed by atoms with Crippen LogP contribution in [-0.4, -0.2) is 30.1 Å². The highest BCUT2D eigenvalue weighted by Crippen LogP contribution is 2.33. The van der Waals surface area contributed by atoms with Gasteiger partial charge in [-0.15, -0.1) is 0 Å². The molecule has 5 heteroatoms. The van der Waals surface area contributed by atoms with Crippen LogP contribution in [0.2, 0.25) is 10.0 Å². The topological polar surface area (TPSA) is 40.5 Å². The molecule has 0 aliphatic heterocycles. The molecule has 0 fully saturated rings. The fourth-order valence-corrected chi connectivity index (χ4v) is 1.95. The Morgan fingerprint density at radius 2 is 2.06 bits per heavy atom. The van der Waals surface area contributed by atoms with Crippen molar-refractivity contribution >= 4 is 29.2 Å². The monoisotopic (exact) mass is 261 g/mol. The lowest BCUT2D eigenvalue weighted by atomic mass is 10.0. The summed E-state index contributed by atoms with van der Waals surface area (Å²) < 4.78 is 0. The molecular formula is C11H13Cl2NO2. The third-order valence-corrected chi connectivity index (χ3v) is 3.17. The molecule has 0 bridgehead atoms. The molecule has 0 saturated carbocycles. The van der Waals surface area contributed by atoms with Gasteiger partial charge < -0.3 is 10.0 Å². The van der Waals surface area contributed by atoms with Gasteiger partial charge in [0.1, 0.15) is 0 Å². The number of carboxylic acids is 1. The van der Waals surface area contributed by atoms with Crippen molar-refractivity contribution in [3.8, 4) is 0 Å². The lowest BCUT2D eigenvalue weighted by Gasteiger charge is -2.24. The fraction of sp³-hybridized carbons (Fsp3) is 0.364. The number of rotatable bonds is 4. The number of halogens is 2. The Hall–Kier alpha value is -0.770. The molecule has 0 aliphatic carbocycles. The molecular weight excluding hydrogens is 249 g/mol. The highest BCUT2D eigenvalue weighted by Gasteiger charge is 2.21. The lowest BCUT2D eigenvalue weighted by Crippen LogP contribution is -2.23. The molecule has 0 heterocycles. The van der Waals surface area contributed by atoms with Gasteiger partial charge in [-0.25, -0.2) is 0 Å². The van der Waals surface area contributed by atoms with E-state index in [1.54, 1.807) is 18.2 Å². The molecule has 16 heavy (non-hydrogen) atoms. The molecule has 88 valence electrons. The maximum Gasteiger partial charge on any atom is 0.305 e. The number of nitrogens with zero attached hydrogens (tertiary/aromatic N) is 1. The zero-order chi connectivity index (χ0) is 12.3. The van der Waals surface area contributed by atoms with Gasteiger partial charge in [0.05, 0.1) is 16.5 Å². The summed E-state index contributed by atoms with van der Waals surface area (Å²) in [5.74, 6) is -0.866. The first kappa shape index (κ1) is 13.3. The van der Waals surface area contributed by atoms with Crippen molar-refractivity contribution in [2.45, 2.75) is 12.5 Å². The molecule has 1 aromatic carbocycles. The van der Waals surface area contributed by atoms with Crippen LogP contribution in [-0.2, 0) is 4.79 Å². The minimum atomic E-state index is -0.866. The molecule has 1 N–H and O–H groups in total. The summed E-state index contributed by atoms with van der Waals surface area (Å²) in [5.41, 5.74) is 0.738. The van der Waals surface area contributed by atoms with E-state index in [2.05, 4.69) is 0 Å². The second-order valence-corrected chi connectivity index (χ2v) is 4.51. The summed E-state index contributed by atoms with van der Waals surface area (Å²) in [4.78, 5) is 12.6. The quantitative estimate of drug-likeness (QED) is 0.906. The van der Waals surface area contributed by atoms with Gasteiger partial charge in [-0.05, 0) is 25.7 Å². The molecule has 1 rings (SSSR count). The van der Waals surface area contributed by atoms with E-state index >= 15 is 0 Å². The SMILES string of the molecule is CN(C)C(CC(=O)O)c1cccc(Cl)c1Cl. The van der Waals surface area contributed by atoms with Gasteiger partial charge in [-0.1, -0.05) is 35.3 Å². The molecule has 0 spiro atoms. The summed E-state index contributed by atoms with van der Waals surface area (Å²) >= 11 is 12.0. The van der Waals surface area contributed by atoms with Crippen LogP contribution in [0.5, 0.6) is 0 Å². The summed E-state index contributed by atoms with van der Waals surface area (Å²) in [5, 5.41) is 9.71. The number of aliphatic carboxylic acids is 1. The Morgan fingerprint density at radius 3 is 2.56 bits per heavy atom. The van der Waals surface area contributed by atoms with Gasteiger partial charge in [-0.3, -0.25) is 4.79 Å². The van der Waals surface area contributed by atoms with E-state index in [9.17, 15) is 4.79 Å². The molecule has 0 aromatic heterocycles. The van der Waals surface area contributed by atoms with E-state index in [1.165, 1.54) is 0 Å².